The van der Waals surface area contributed by atoms with Crippen molar-refractivity contribution < 1.29 is 9.53 Å². The number of carbonyl (C=O) groups is 1. The summed E-state index contributed by atoms with van der Waals surface area (Å²) in [5, 5.41) is 0. The molecule has 2 aromatic rings. The van der Waals surface area contributed by atoms with Crippen molar-refractivity contribution in [1.29, 1.82) is 0 Å². The van der Waals surface area contributed by atoms with Gasteiger partial charge in [0.25, 0.3) is 0 Å². The van der Waals surface area contributed by atoms with Gasteiger partial charge in [-0.3, -0.25) is 4.79 Å². The Kier molecular flexibility index (Phi) is 4.32. The fourth-order valence-corrected chi connectivity index (χ4v) is 1.78. The molecule has 0 aliphatic carbocycles. The molecule has 0 atom stereocenters. The number of hydrogen-bond acceptors (Lipinski definition) is 3. The van der Waals surface area contributed by atoms with Gasteiger partial charge in [-0.05, 0) is 29.8 Å². The van der Waals surface area contributed by atoms with Crippen LogP contribution in [0.25, 0.3) is 0 Å². The van der Waals surface area contributed by atoms with Gasteiger partial charge in [0.2, 0.25) is 5.91 Å². The first kappa shape index (κ1) is 14.0. The van der Waals surface area contributed by atoms with E-state index in [1.54, 1.807) is 24.3 Å². The van der Waals surface area contributed by atoms with Gasteiger partial charge in [0.1, 0.15) is 17.3 Å². The van der Waals surface area contributed by atoms with Crippen LogP contribution in [0.1, 0.15) is 21.5 Å². The molecule has 0 aliphatic heterocycles. The van der Waals surface area contributed by atoms with Crippen LogP contribution >= 0.6 is 12.2 Å². The Morgan fingerprint density at radius 1 is 0.950 bits per heavy atom. The van der Waals surface area contributed by atoms with E-state index < -0.39 is 5.91 Å². The van der Waals surface area contributed by atoms with Gasteiger partial charge in [-0.25, -0.2) is 0 Å². The molecule has 0 fully saturated rings. The Hall–Kier alpha value is -2.40. The number of hydrogen-bond donors (Lipinski definition) is 2. The molecule has 5 heteroatoms. The second-order valence-electron chi connectivity index (χ2n) is 4.24. The molecule has 2 rings (SSSR count). The van der Waals surface area contributed by atoms with Gasteiger partial charge in [0.05, 0.1) is 0 Å². The highest BCUT2D eigenvalue weighted by molar-refractivity contribution is 7.80. The first-order valence-electron chi connectivity index (χ1n) is 5.97. The molecule has 0 radical (unpaired) electrons. The molecule has 0 aromatic heterocycles. The van der Waals surface area contributed by atoms with Gasteiger partial charge in [0, 0.05) is 11.1 Å². The summed E-state index contributed by atoms with van der Waals surface area (Å²) in [7, 11) is 0. The van der Waals surface area contributed by atoms with E-state index in [0.29, 0.717) is 22.9 Å². The van der Waals surface area contributed by atoms with Crippen molar-refractivity contribution in [3.8, 4) is 5.75 Å². The zero-order chi connectivity index (χ0) is 14.5. The summed E-state index contributed by atoms with van der Waals surface area (Å²) in [6, 6.07) is 14.2. The third kappa shape index (κ3) is 3.55. The van der Waals surface area contributed by atoms with Crippen LogP contribution in [-0.2, 0) is 6.61 Å². The molecule has 0 unspecified atom stereocenters. The minimum atomic E-state index is -0.454. The Balaban J connectivity index is 1.97. The average molecular weight is 286 g/mol. The summed E-state index contributed by atoms with van der Waals surface area (Å²) in [4.78, 5) is 11.3. The summed E-state index contributed by atoms with van der Waals surface area (Å²) in [5.41, 5.74) is 13.0. The molecular weight excluding hydrogens is 272 g/mol. The maximum absolute atomic E-state index is 10.9. The zero-order valence-electron chi connectivity index (χ0n) is 10.7. The van der Waals surface area contributed by atoms with Crippen LogP contribution in [0, 0.1) is 0 Å². The number of carbonyl (C=O) groups excluding carboxylic acids is 1. The highest BCUT2D eigenvalue weighted by Gasteiger charge is 2.01. The second kappa shape index (κ2) is 6.16. The lowest BCUT2D eigenvalue weighted by Crippen LogP contribution is -2.10. The molecule has 20 heavy (non-hydrogen) atoms. The van der Waals surface area contributed by atoms with Crippen molar-refractivity contribution in [3.63, 3.8) is 0 Å². The van der Waals surface area contributed by atoms with E-state index in [1.807, 2.05) is 24.3 Å². The Bertz CT molecular complexity index is 564. The summed E-state index contributed by atoms with van der Waals surface area (Å²) in [6.45, 7) is 0.424. The van der Waals surface area contributed by atoms with Gasteiger partial charge in [-0.1, -0.05) is 36.5 Å². The van der Waals surface area contributed by atoms with Crippen molar-refractivity contribution in [1.82, 2.24) is 0 Å². The fraction of sp³-hybridized carbons (Fsp3) is 0.0667. The Morgan fingerprint density at radius 3 is 2.00 bits per heavy atom. The minimum Gasteiger partial charge on any atom is -0.489 e. The van der Waals surface area contributed by atoms with E-state index in [9.17, 15) is 4.79 Å². The molecule has 0 spiro atoms. The number of amides is 1. The summed E-state index contributed by atoms with van der Waals surface area (Å²) in [6.07, 6.45) is 0. The molecule has 0 aliphatic rings. The molecule has 102 valence electrons. The molecule has 4 N–H and O–H groups in total. The van der Waals surface area contributed by atoms with E-state index in [1.165, 1.54) is 0 Å². The molecule has 1 amide bonds. The van der Waals surface area contributed by atoms with Crippen molar-refractivity contribution in [2.45, 2.75) is 6.61 Å². The monoisotopic (exact) mass is 286 g/mol. The van der Waals surface area contributed by atoms with Gasteiger partial charge in [-0.15, -0.1) is 0 Å². The van der Waals surface area contributed by atoms with Crippen LogP contribution < -0.4 is 16.2 Å². The number of rotatable bonds is 5. The number of benzene rings is 2. The van der Waals surface area contributed by atoms with Crippen LogP contribution in [0.3, 0.4) is 0 Å². The van der Waals surface area contributed by atoms with Gasteiger partial charge in [0.15, 0.2) is 0 Å². The Labute approximate surface area is 122 Å². The quantitative estimate of drug-likeness (QED) is 0.824. The van der Waals surface area contributed by atoms with Crippen LogP contribution in [0.15, 0.2) is 48.5 Å². The van der Waals surface area contributed by atoms with Crippen molar-refractivity contribution in [2.75, 3.05) is 0 Å². The fourth-order valence-electron chi connectivity index (χ4n) is 1.65. The molecule has 4 nitrogen and oxygen atoms in total. The summed E-state index contributed by atoms with van der Waals surface area (Å²) >= 11 is 4.89. The van der Waals surface area contributed by atoms with E-state index in [0.717, 1.165) is 11.1 Å². The molecular formula is C15H14N2O2S. The maximum atomic E-state index is 10.9. The standard InChI is InChI=1S/C15H14N2O2S/c16-14(18)11-5-7-13(8-6-11)19-9-10-1-3-12(4-2-10)15(17)20/h1-8H,9H2,(H2,16,18)(H2,17,20). The van der Waals surface area contributed by atoms with Crippen LogP contribution in [0.5, 0.6) is 5.75 Å². The molecule has 2 aromatic carbocycles. The number of ether oxygens (including phenoxy) is 1. The van der Waals surface area contributed by atoms with E-state index >= 15 is 0 Å². The average Bonchev–Trinajstić information content (AvgIpc) is 2.46. The normalized spacial score (nSPS) is 10.0. The third-order valence-corrected chi connectivity index (χ3v) is 3.02. The zero-order valence-corrected chi connectivity index (χ0v) is 11.5. The summed E-state index contributed by atoms with van der Waals surface area (Å²) < 4.78 is 5.61. The van der Waals surface area contributed by atoms with E-state index in [-0.39, 0.29) is 0 Å². The van der Waals surface area contributed by atoms with Gasteiger partial charge in [-0.2, -0.15) is 0 Å². The van der Waals surface area contributed by atoms with Crippen molar-refractivity contribution >= 4 is 23.1 Å². The third-order valence-electron chi connectivity index (χ3n) is 2.78. The SMILES string of the molecule is NC(=O)c1ccc(OCc2ccc(C(N)=S)cc2)cc1. The highest BCUT2D eigenvalue weighted by Crippen LogP contribution is 2.14. The van der Waals surface area contributed by atoms with Crippen LogP contribution in [0.2, 0.25) is 0 Å². The van der Waals surface area contributed by atoms with Crippen LogP contribution in [-0.4, -0.2) is 10.9 Å². The van der Waals surface area contributed by atoms with Crippen molar-refractivity contribution in [3.05, 3.63) is 65.2 Å². The van der Waals surface area contributed by atoms with Gasteiger partial charge < -0.3 is 16.2 Å². The largest absolute Gasteiger partial charge is 0.489 e. The molecule has 0 bridgehead atoms. The smallest absolute Gasteiger partial charge is 0.248 e. The molecule has 0 saturated carbocycles. The minimum absolute atomic E-state index is 0.375. The number of primary amides is 1. The van der Waals surface area contributed by atoms with E-state index in [2.05, 4.69) is 0 Å². The highest BCUT2D eigenvalue weighted by atomic mass is 32.1. The first-order valence-corrected chi connectivity index (χ1v) is 6.38. The lowest BCUT2D eigenvalue weighted by molar-refractivity contribution is 0.100. The lowest BCUT2D eigenvalue weighted by Gasteiger charge is -2.07. The molecule has 0 saturated heterocycles. The predicted octanol–water partition coefficient (Wildman–Crippen LogP) is 2.00. The number of thiocarbonyl (C=S) groups is 1. The molecule has 0 heterocycles. The Morgan fingerprint density at radius 2 is 1.50 bits per heavy atom. The van der Waals surface area contributed by atoms with Gasteiger partial charge >= 0.3 is 0 Å². The van der Waals surface area contributed by atoms with Crippen LogP contribution in [0.4, 0.5) is 0 Å². The number of nitrogens with two attached hydrogens (primary N) is 2. The second-order valence-corrected chi connectivity index (χ2v) is 4.68. The van der Waals surface area contributed by atoms with E-state index in [4.69, 9.17) is 28.4 Å². The topological polar surface area (TPSA) is 78.3 Å². The summed E-state index contributed by atoms with van der Waals surface area (Å²) in [5.74, 6) is 0.221. The van der Waals surface area contributed by atoms with Crippen molar-refractivity contribution in [2.24, 2.45) is 11.5 Å². The maximum Gasteiger partial charge on any atom is 0.248 e. The first-order chi connectivity index (χ1) is 9.56. The predicted molar refractivity (Wildman–Crippen MR) is 81.6 cm³/mol. The lowest BCUT2D eigenvalue weighted by atomic mass is 10.1.